The van der Waals surface area contributed by atoms with Crippen molar-refractivity contribution in [2.75, 3.05) is 0 Å². The first-order valence-electron chi connectivity index (χ1n) is 10.1. The van der Waals surface area contributed by atoms with E-state index in [0.717, 1.165) is 27.7 Å². The van der Waals surface area contributed by atoms with Crippen molar-refractivity contribution >= 4 is 20.7 Å². The summed E-state index contributed by atoms with van der Waals surface area (Å²) in [5, 5.41) is 1.15. The summed E-state index contributed by atoms with van der Waals surface area (Å²) in [6, 6.07) is 30.5. The van der Waals surface area contributed by atoms with Crippen LogP contribution in [-0.2, 0) is 29.9 Å². The van der Waals surface area contributed by atoms with Crippen LogP contribution in [0, 0.1) is 6.07 Å². The number of aromatic nitrogens is 1. The van der Waals surface area contributed by atoms with Crippen LogP contribution >= 0.6 is 0 Å². The van der Waals surface area contributed by atoms with E-state index in [4.69, 9.17) is 4.98 Å². The number of hydrogen-bond acceptors (Lipinski definition) is 3. The zero-order chi connectivity index (χ0) is 20.7. The van der Waals surface area contributed by atoms with Crippen molar-refractivity contribution in [3.05, 3.63) is 91.0 Å². The zero-order valence-corrected chi connectivity index (χ0v) is 19.8. The van der Waals surface area contributed by atoms with Gasteiger partial charge < -0.3 is 0 Å². The molecule has 1 aliphatic heterocycles. The van der Waals surface area contributed by atoms with Crippen LogP contribution in [0.4, 0.5) is 0 Å². The molecule has 0 N–H and O–H groups in total. The van der Waals surface area contributed by atoms with Gasteiger partial charge in [-0.1, -0.05) is 66.2 Å². The summed E-state index contributed by atoms with van der Waals surface area (Å²) < 4.78 is 26.3. The molecule has 2 heterocycles. The fraction of sp³-hybridized carbons (Fsp3) is 0. The molecular weight excluding hydrogens is 595 g/mol. The summed E-state index contributed by atoms with van der Waals surface area (Å²) in [4.78, 5) is 5.58. The van der Waals surface area contributed by atoms with E-state index >= 15 is 0 Å². The molecule has 0 unspecified atom stereocenters. The van der Waals surface area contributed by atoms with Gasteiger partial charge in [-0.2, -0.15) is 0 Å². The van der Waals surface area contributed by atoms with Gasteiger partial charge in [-0.15, -0.1) is 23.8 Å². The number of pyridine rings is 1. The van der Waals surface area contributed by atoms with Gasteiger partial charge in [0.25, 0.3) is 0 Å². The third-order valence-electron chi connectivity index (χ3n) is 6.29. The number of fused-ring (bicyclic) bond motifs is 6. The minimum atomic E-state index is -3.54. The molecule has 1 radical (unpaired) electrons. The maximum atomic E-state index is 13.1. The van der Waals surface area contributed by atoms with Crippen LogP contribution in [0.25, 0.3) is 55.5 Å². The number of nitrogens with zero attached hydrogens (tertiary/aromatic N) is 1. The molecule has 32 heavy (non-hydrogen) atoms. The second-order valence-electron chi connectivity index (χ2n) is 7.92. The first kappa shape index (κ1) is 19.6. The van der Waals surface area contributed by atoms with Crippen LogP contribution in [-0.4, -0.2) is 13.4 Å². The van der Waals surface area contributed by atoms with E-state index in [1.807, 2.05) is 30.3 Å². The maximum Gasteiger partial charge on any atom is 0.189 e. The Kier molecular flexibility index (Phi) is 4.09. The summed E-state index contributed by atoms with van der Waals surface area (Å²) in [5.41, 5.74) is 8.47. The zero-order valence-electron chi connectivity index (χ0n) is 16.6. The molecule has 0 bridgehead atoms. The molecule has 155 valence electrons. The smallest absolute Gasteiger partial charge is 0.189 e. The molecule has 3 nitrogen and oxygen atoms in total. The predicted molar refractivity (Wildman–Crippen MR) is 121 cm³/mol. The van der Waals surface area contributed by atoms with Crippen LogP contribution in [0.1, 0.15) is 0 Å². The van der Waals surface area contributed by atoms with E-state index in [1.54, 1.807) is 24.3 Å². The van der Waals surface area contributed by atoms with Gasteiger partial charge in [0.2, 0.25) is 0 Å². The van der Waals surface area contributed by atoms with Gasteiger partial charge >= 0.3 is 0 Å². The van der Waals surface area contributed by atoms with Crippen LogP contribution in [0.15, 0.2) is 94.7 Å². The standard InChI is InChI=1S/C27H14NO2S.Ir/c29-31(30)25-11-4-3-8-19(25)20-13-12-16(14-26(20)31)24-15-22-18-7-2-1-6-17(18)21-9-5-10-23(28-24)27(21)22;/h1-11,13-15H;/q-1;. The molecule has 1 aliphatic carbocycles. The van der Waals surface area contributed by atoms with Gasteiger partial charge in [-0.3, -0.25) is 4.98 Å². The SMILES string of the molecule is O=S1(=O)c2ccccc2-c2c[c-]c(-c3cc4c5c(cccc5n3)-c3ccccc3-4)cc21.[Ir]. The van der Waals surface area contributed by atoms with Gasteiger partial charge in [0.1, 0.15) is 0 Å². The van der Waals surface area contributed by atoms with E-state index in [9.17, 15) is 8.42 Å². The van der Waals surface area contributed by atoms with Crippen molar-refractivity contribution in [2.24, 2.45) is 0 Å². The Morgan fingerprint density at radius 2 is 1.34 bits per heavy atom. The molecule has 0 saturated heterocycles. The Morgan fingerprint density at radius 3 is 2.16 bits per heavy atom. The molecule has 0 saturated carbocycles. The molecule has 0 atom stereocenters. The maximum absolute atomic E-state index is 13.1. The van der Waals surface area contributed by atoms with Crippen molar-refractivity contribution in [2.45, 2.75) is 9.79 Å². The van der Waals surface area contributed by atoms with Crippen LogP contribution in [0.2, 0.25) is 0 Å². The van der Waals surface area contributed by atoms with Crippen molar-refractivity contribution in [1.82, 2.24) is 4.98 Å². The summed E-state index contributed by atoms with van der Waals surface area (Å²) in [5.74, 6) is 0. The van der Waals surface area contributed by atoms with Gasteiger partial charge in [-0.05, 0) is 50.5 Å². The first-order chi connectivity index (χ1) is 15.1. The largest absolute Gasteiger partial charge is 0.296 e. The quantitative estimate of drug-likeness (QED) is 0.210. The van der Waals surface area contributed by atoms with E-state index in [-0.39, 0.29) is 20.1 Å². The predicted octanol–water partition coefficient (Wildman–Crippen LogP) is 6.16. The minimum Gasteiger partial charge on any atom is -0.296 e. The topological polar surface area (TPSA) is 47.0 Å². The summed E-state index contributed by atoms with van der Waals surface area (Å²) in [6.07, 6.45) is 0. The Morgan fingerprint density at radius 1 is 0.656 bits per heavy atom. The minimum absolute atomic E-state index is 0. The number of hydrogen-bond donors (Lipinski definition) is 0. The Bertz CT molecular complexity index is 1710. The molecule has 7 rings (SSSR count). The normalized spacial score (nSPS) is 13.9. The van der Waals surface area contributed by atoms with E-state index in [2.05, 4.69) is 36.4 Å². The fourth-order valence-corrected chi connectivity index (χ4v) is 6.60. The van der Waals surface area contributed by atoms with Crippen molar-refractivity contribution < 1.29 is 28.5 Å². The number of benzene rings is 4. The summed E-state index contributed by atoms with van der Waals surface area (Å²) in [6.45, 7) is 0. The molecule has 0 amide bonds. The molecular formula is C27H14IrNO2S-. The van der Waals surface area contributed by atoms with E-state index in [0.29, 0.717) is 20.9 Å². The van der Waals surface area contributed by atoms with Crippen LogP contribution < -0.4 is 0 Å². The Balaban J connectivity index is 0.00000196. The van der Waals surface area contributed by atoms with Gasteiger partial charge in [0, 0.05) is 25.5 Å². The Labute approximate surface area is 199 Å². The molecule has 0 spiro atoms. The molecule has 5 heteroatoms. The van der Waals surface area contributed by atoms with Gasteiger partial charge in [0.05, 0.1) is 10.4 Å². The molecule has 2 aliphatic rings. The molecule has 5 aromatic rings. The average Bonchev–Trinajstić information content (AvgIpc) is 3.25. The van der Waals surface area contributed by atoms with Crippen molar-refractivity contribution in [3.8, 4) is 44.6 Å². The summed E-state index contributed by atoms with van der Waals surface area (Å²) >= 11 is 0. The summed E-state index contributed by atoms with van der Waals surface area (Å²) in [7, 11) is -3.54. The Hall–Kier alpha value is -3.11. The molecule has 4 aromatic carbocycles. The third kappa shape index (κ3) is 2.44. The van der Waals surface area contributed by atoms with Crippen LogP contribution in [0.5, 0.6) is 0 Å². The molecule has 1 aromatic heterocycles. The van der Waals surface area contributed by atoms with Gasteiger partial charge in [-0.25, -0.2) is 8.42 Å². The number of rotatable bonds is 1. The van der Waals surface area contributed by atoms with Gasteiger partial charge in [0.15, 0.2) is 9.84 Å². The van der Waals surface area contributed by atoms with Crippen LogP contribution in [0.3, 0.4) is 0 Å². The van der Waals surface area contributed by atoms with E-state index in [1.165, 1.54) is 16.7 Å². The fourth-order valence-electron chi connectivity index (χ4n) is 4.91. The second kappa shape index (κ2) is 6.69. The molecule has 0 fully saturated rings. The second-order valence-corrected chi connectivity index (χ2v) is 9.81. The van der Waals surface area contributed by atoms with Crippen molar-refractivity contribution in [3.63, 3.8) is 0 Å². The third-order valence-corrected chi connectivity index (χ3v) is 8.14. The first-order valence-corrected chi connectivity index (χ1v) is 11.6. The number of sulfone groups is 1. The van der Waals surface area contributed by atoms with Crippen molar-refractivity contribution in [1.29, 1.82) is 0 Å². The average molecular weight is 609 g/mol. The van der Waals surface area contributed by atoms with E-state index < -0.39 is 9.84 Å². The monoisotopic (exact) mass is 609 g/mol.